The molecule has 0 atom stereocenters. The Kier molecular flexibility index (Phi) is 7.17. The van der Waals surface area contributed by atoms with Crippen molar-refractivity contribution in [3.8, 4) is 5.75 Å². The first-order chi connectivity index (χ1) is 13.8. The predicted molar refractivity (Wildman–Crippen MR) is 121 cm³/mol. The zero-order valence-corrected chi connectivity index (χ0v) is 19.0. The van der Waals surface area contributed by atoms with Gasteiger partial charge in [0.1, 0.15) is 0 Å². The van der Waals surface area contributed by atoms with Crippen molar-refractivity contribution in [2.75, 3.05) is 50.1 Å². The number of piperazine rings is 1. The molecule has 2 aromatic carbocycles. The van der Waals surface area contributed by atoms with Crippen LogP contribution in [0.2, 0.25) is 15.1 Å². The second-order valence-corrected chi connectivity index (χ2v) is 8.33. The number of nitrogens with zero attached hydrogens (tertiary/aromatic N) is 2. The Balaban J connectivity index is 1.59. The molecule has 1 heterocycles. The van der Waals surface area contributed by atoms with Crippen molar-refractivity contribution in [2.24, 2.45) is 0 Å². The topological polar surface area (TPSA) is 44.8 Å². The smallest absolute Gasteiger partial charge is 0.262 e. The number of carbonyl (C=O) groups excluding carboxylic acids is 1. The lowest BCUT2D eigenvalue weighted by Crippen LogP contribution is -2.44. The number of amides is 1. The molecule has 3 rings (SSSR count). The molecule has 2 aromatic rings. The zero-order chi connectivity index (χ0) is 21.1. The highest BCUT2D eigenvalue weighted by molar-refractivity contribution is 6.42. The molecule has 29 heavy (non-hydrogen) atoms. The summed E-state index contributed by atoms with van der Waals surface area (Å²) in [6.07, 6.45) is 0. The van der Waals surface area contributed by atoms with E-state index in [1.54, 1.807) is 13.8 Å². The van der Waals surface area contributed by atoms with Gasteiger partial charge in [0.25, 0.3) is 5.91 Å². The second-order valence-electron chi connectivity index (χ2n) is 7.20. The molecule has 5 nitrogen and oxygen atoms in total. The van der Waals surface area contributed by atoms with Crippen molar-refractivity contribution in [3.05, 3.63) is 50.5 Å². The number of halogens is 3. The summed E-state index contributed by atoms with van der Waals surface area (Å²) in [4.78, 5) is 17.0. The van der Waals surface area contributed by atoms with E-state index >= 15 is 0 Å². The van der Waals surface area contributed by atoms with E-state index < -0.39 is 0 Å². The molecule has 0 spiro atoms. The molecule has 1 aliphatic heterocycles. The summed E-state index contributed by atoms with van der Waals surface area (Å²) in [7, 11) is 2.13. The van der Waals surface area contributed by atoms with Crippen molar-refractivity contribution in [3.63, 3.8) is 0 Å². The lowest BCUT2D eigenvalue weighted by atomic mass is 10.1. The first-order valence-electron chi connectivity index (χ1n) is 9.37. The average molecular weight is 457 g/mol. The van der Waals surface area contributed by atoms with Gasteiger partial charge in [-0.1, -0.05) is 34.8 Å². The number of anilines is 2. The maximum absolute atomic E-state index is 12.3. The van der Waals surface area contributed by atoms with Gasteiger partial charge in [0.2, 0.25) is 0 Å². The minimum absolute atomic E-state index is 0.208. The zero-order valence-electron chi connectivity index (χ0n) is 16.7. The van der Waals surface area contributed by atoms with Crippen LogP contribution in [0.15, 0.2) is 24.3 Å². The van der Waals surface area contributed by atoms with Gasteiger partial charge >= 0.3 is 0 Å². The molecule has 0 unspecified atom stereocenters. The van der Waals surface area contributed by atoms with Gasteiger partial charge in [-0.15, -0.1) is 0 Å². The Labute approximate surface area is 186 Å². The van der Waals surface area contributed by atoms with Crippen LogP contribution < -0.4 is 15.0 Å². The number of nitrogens with one attached hydrogen (secondary N) is 1. The third kappa shape index (κ3) is 5.10. The van der Waals surface area contributed by atoms with Gasteiger partial charge in [-0.05, 0) is 56.3 Å². The molecule has 1 amide bonds. The lowest BCUT2D eigenvalue weighted by Gasteiger charge is -2.34. The first-order valence-corrected chi connectivity index (χ1v) is 10.5. The quantitative estimate of drug-likeness (QED) is 0.685. The number of carbonyl (C=O) groups is 1. The fourth-order valence-corrected chi connectivity index (χ4v) is 4.01. The second kappa shape index (κ2) is 9.43. The molecule has 0 aromatic heterocycles. The SMILES string of the molecule is Cc1c(Cl)c(C)c(Cl)c(OCC(=O)Nc2ccc(N3CCN(C)CC3)cc2)c1Cl. The monoisotopic (exact) mass is 455 g/mol. The number of hydrogen-bond acceptors (Lipinski definition) is 4. The molecule has 0 aliphatic carbocycles. The maximum Gasteiger partial charge on any atom is 0.262 e. The van der Waals surface area contributed by atoms with Crippen LogP contribution in [0.25, 0.3) is 0 Å². The van der Waals surface area contributed by atoms with E-state index in [0.29, 0.717) is 31.9 Å². The minimum Gasteiger partial charge on any atom is -0.481 e. The van der Waals surface area contributed by atoms with Crippen LogP contribution in [-0.4, -0.2) is 50.6 Å². The molecule has 0 radical (unpaired) electrons. The van der Waals surface area contributed by atoms with Gasteiger partial charge in [0.15, 0.2) is 12.4 Å². The number of ether oxygens (including phenoxy) is 1. The Morgan fingerprint density at radius 3 is 2.07 bits per heavy atom. The van der Waals surface area contributed by atoms with E-state index in [4.69, 9.17) is 39.5 Å². The third-order valence-corrected chi connectivity index (χ3v) is 6.56. The largest absolute Gasteiger partial charge is 0.481 e. The summed E-state index contributed by atoms with van der Waals surface area (Å²) in [6, 6.07) is 7.81. The third-order valence-electron chi connectivity index (χ3n) is 5.08. The molecule has 0 bridgehead atoms. The summed E-state index contributed by atoms with van der Waals surface area (Å²) in [5.41, 5.74) is 3.20. The van der Waals surface area contributed by atoms with Crippen molar-refractivity contribution in [1.29, 1.82) is 0 Å². The van der Waals surface area contributed by atoms with Crippen LogP contribution in [0.3, 0.4) is 0 Å². The van der Waals surface area contributed by atoms with Gasteiger partial charge in [-0.25, -0.2) is 0 Å². The highest BCUT2D eigenvalue weighted by Crippen LogP contribution is 2.42. The summed E-state index contributed by atoms with van der Waals surface area (Å²) >= 11 is 18.8. The van der Waals surface area contributed by atoms with Crippen molar-refractivity contribution in [1.82, 2.24) is 4.90 Å². The number of benzene rings is 2. The van der Waals surface area contributed by atoms with E-state index in [1.165, 1.54) is 0 Å². The standard InChI is InChI=1S/C21H24Cl3N3O2/c1-13-18(22)14(2)20(24)21(19(13)23)29-12-17(28)25-15-4-6-16(7-5-15)27-10-8-26(3)9-11-27/h4-7H,8-12H2,1-3H3,(H,25,28). The fraction of sp³-hybridized carbons (Fsp3) is 0.381. The molecule has 0 saturated carbocycles. The highest BCUT2D eigenvalue weighted by atomic mass is 35.5. The normalized spacial score (nSPS) is 14.8. The summed E-state index contributed by atoms with van der Waals surface area (Å²) < 4.78 is 5.60. The first kappa shape index (κ1) is 22.0. The van der Waals surface area contributed by atoms with Gasteiger partial charge in [0.05, 0.1) is 10.0 Å². The summed E-state index contributed by atoms with van der Waals surface area (Å²) in [5, 5.41) is 3.95. The van der Waals surface area contributed by atoms with Crippen LogP contribution >= 0.6 is 34.8 Å². The maximum atomic E-state index is 12.3. The van der Waals surface area contributed by atoms with Crippen LogP contribution in [0.4, 0.5) is 11.4 Å². The van der Waals surface area contributed by atoms with Gasteiger partial charge in [0, 0.05) is 42.6 Å². The molecule has 156 valence electrons. The van der Waals surface area contributed by atoms with E-state index in [-0.39, 0.29) is 18.3 Å². The summed E-state index contributed by atoms with van der Waals surface area (Å²) in [5.74, 6) is -0.0250. The molecule has 1 fully saturated rings. The molecule has 8 heteroatoms. The van der Waals surface area contributed by atoms with Gasteiger partial charge in [-0.2, -0.15) is 0 Å². The Morgan fingerprint density at radius 2 is 1.52 bits per heavy atom. The molecular weight excluding hydrogens is 433 g/mol. The van der Waals surface area contributed by atoms with Gasteiger partial charge in [-0.3, -0.25) is 4.79 Å². The van der Waals surface area contributed by atoms with Crippen molar-refractivity contribution < 1.29 is 9.53 Å². The Morgan fingerprint density at radius 1 is 0.966 bits per heavy atom. The number of hydrogen-bond donors (Lipinski definition) is 1. The highest BCUT2D eigenvalue weighted by Gasteiger charge is 2.19. The molecule has 1 N–H and O–H groups in total. The molecular formula is C21H24Cl3N3O2. The number of likely N-dealkylation sites (N-methyl/N-ethyl adjacent to an activating group) is 1. The van der Waals surface area contributed by atoms with E-state index in [2.05, 4.69) is 22.2 Å². The number of rotatable bonds is 5. The predicted octanol–water partition coefficient (Wildman–Crippen LogP) is 5.03. The Hall–Kier alpha value is -1.66. The van der Waals surface area contributed by atoms with Crippen LogP contribution in [-0.2, 0) is 4.79 Å². The van der Waals surface area contributed by atoms with E-state index in [1.807, 2.05) is 24.3 Å². The van der Waals surface area contributed by atoms with Crippen LogP contribution in [0.5, 0.6) is 5.75 Å². The van der Waals surface area contributed by atoms with Crippen molar-refractivity contribution >= 4 is 52.1 Å². The van der Waals surface area contributed by atoms with Gasteiger partial charge < -0.3 is 19.9 Å². The average Bonchev–Trinajstić information content (AvgIpc) is 2.72. The van der Waals surface area contributed by atoms with E-state index in [0.717, 1.165) is 31.9 Å². The van der Waals surface area contributed by atoms with Crippen molar-refractivity contribution in [2.45, 2.75) is 13.8 Å². The summed E-state index contributed by atoms with van der Waals surface area (Å²) in [6.45, 7) is 7.44. The van der Waals surface area contributed by atoms with Crippen LogP contribution in [0, 0.1) is 13.8 Å². The molecule has 1 saturated heterocycles. The Bertz CT molecular complexity index is 866. The lowest BCUT2D eigenvalue weighted by molar-refractivity contribution is -0.118. The minimum atomic E-state index is -0.297. The van der Waals surface area contributed by atoms with Crippen LogP contribution in [0.1, 0.15) is 11.1 Å². The molecule has 1 aliphatic rings. The fourth-order valence-electron chi connectivity index (χ4n) is 3.19. The van der Waals surface area contributed by atoms with E-state index in [9.17, 15) is 4.79 Å².